The van der Waals surface area contributed by atoms with Gasteiger partial charge in [-0.05, 0) is 35.9 Å². The molecular weight excluding hydrogens is 424 g/mol. The summed E-state index contributed by atoms with van der Waals surface area (Å²) in [4.78, 5) is 33.5. The van der Waals surface area contributed by atoms with Gasteiger partial charge in [0.1, 0.15) is 0 Å². The third-order valence-electron chi connectivity index (χ3n) is 4.78. The van der Waals surface area contributed by atoms with E-state index in [1.54, 1.807) is 18.2 Å². The number of carbonyl (C=O) groups is 2. The summed E-state index contributed by atoms with van der Waals surface area (Å²) in [5.74, 6) is -0.827. The number of nitrogens with zero attached hydrogens (tertiary/aromatic N) is 2. The first-order valence-corrected chi connectivity index (χ1v) is 9.94. The summed E-state index contributed by atoms with van der Waals surface area (Å²) in [7, 11) is 1.25. The van der Waals surface area contributed by atoms with E-state index in [1.807, 2.05) is 42.5 Å². The number of rotatable bonds is 4. The molecule has 162 valence electrons. The molecule has 0 unspecified atom stereocenters. The highest BCUT2D eigenvalue weighted by molar-refractivity contribution is 5.93. The zero-order valence-corrected chi connectivity index (χ0v) is 17.3. The fraction of sp³-hybridized carbons (Fsp3) is 0.0400. The minimum Gasteiger partial charge on any atom is -0.465 e. The van der Waals surface area contributed by atoms with Gasteiger partial charge in [-0.3, -0.25) is 0 Å². The van der Waals surface area contributed by atoms with Crippen molar-refractivity contribution in [3.05, 3.63) is 83.9 Å². The molecule has 0 atom stereocenters. The average Bonchev–Trinajstić information content (AvgIpc) is 2.85. The van der Waals surface area contributed by atoms with E-state index >= 15 is 0 Å². The van der Waals surface area contributed by atoms with Gasteiger partial charge in [0.05, 0.1) is 23.7 Å². The van der Waals surface area contributed by atoms with Crippen LogP contribution in [0.5, 0.6) is 29.0 Å². The Morgan fingerprint density at radius 1 is 0.879 bits per heavy atom. The number of aromatic nitrogens is 2. The molecule has 8 nitrogen and oxygen atoms in total. The molecule has 0 spiro atoms. The van der Waals surface area contributed by atoms with Crippen molar-refractivity contribution in [2.75, 3.05) is 7.11 Å². The normalized spacial score (nSPS) is 11.8. The molecule has 3 aromatic carbocycles. The molecule has 1 aliphatic rings. The van der Waals surface area contributed by atoms with Crippen molar-refractivity contribution in [2.45, 2.75) is 0 Å². The molecule has 0 saturated carbocycles. The Balaban J connectivity index is 1.51. The van der Waals surface area contributed by atoms with Crippen LogP contribution in [0.15, 0.2) is 72.8 Å². The van der Waals surface area contributed by atoms with Crippen molar-refractivity contribution in [3.8, 4) is 29.0 Å². The second kappa shape index (κ2) is 8.43. The first-order chi connectivity index (χ1) is 16.1. The minimum atomic E-state index is -0.665. The maximum Gasteiger partial charge on any atom is 0.338 e. The molecule has 0 aliphatic carbocycles. The van der Waals surface area contributed by atoms with Crippen LogP contribution in [0.1, 0.15) is 15.9 Å². The van der Waals surface area contributed by atoms with E-state index < -0.39 is 11.9 Å². The van der Waals surface area contributed by atoms with Crippen molar-refractivity contribution in [2.24, 2.45) is 0 Å². The minimum absolute atomic E-state index is 0.0174. The molecule has 1 aromatic heterocycles. The van der Waals surface area contributed by atoms with Crippen LogP contribution in [0.3, 0.4) is 0 Å². The van der Waals surface area contributed by atoms with Crippen molar-refractivity contribution >= 4 is 29.0 Å². The molecule has 0 fully saturated rings. The average molecular weight is 440 g/mol. The summed E-state index contributed by atoms with van der Waals surface area (Å²) in [6.07, 6.45) is 2.89. The number of esters is 2. The summed E-state index contributed by atoms with van der Waals surface area (Å²) in [5, 5.41) is 0. The predicted octanol–water partition coefficient (Wildman–Crippen LogP) is 4.93. The highest BCUT2D eigenvalue weighted by Gasteiger charge is 2.29. The van der Waals surface area contributed by atoms with E-state index in [-0.39, 0.29) is 34.6 Å². The quantitative estimate of drug-likeness (QED) is 0.220. The number of benzene rings is 3. The van der Waals surface area contributed by atoms with Gasteiger partial charge in [0, 0.05) is 6.08 Å². The Bertz CT molecular complexity index is 1420. The molecule has 33 heavy (non-hydrogen) atoms. The maximum absolute atomic E-state index is 12.5. The Labute approximate surface area is 188 Å². The van der Waals surface area contributed by atoms with E-state index in [9.17, 15) is 9.59 Å². The third kappa shape index (κ3) is 4.09. The highest BCUT2D eigenvalue weighted by Crippen LogP contribution is 2.49. The number of fused-ring (bicyclic) bond motifs is 3. The predicted molar refractivity (Wildman–Crippen MR) is 119 cm³/mol. The van der Waals surface area contributed by atoms with Crippen LogP contribution in [0.2, 0.25) is 0 Å². The number of methoxy groups -OCH3 is 1. The number of hydrogen-bond acceptors (Lipinski definition) is 8. The lowest BCUT2D eigenvalue weighted by Gasteiger charge is -2.21. The second-order valence-corrected chi connectivity index (χ2v) is 6.99. The Hall–Kier alpha value is -4.72. The SMILES string of the molecule is COC(=O)c1cc(OC(=O)C=Cc2ccccc2)c2c(c1)Oc1nc3ccccc3nc1O2. The molecule has 0 bridgehead atoms. The van der Waals surface area contributed by atoms with Gasteiger partial charge in [0.15, 0.2) is 11.5 Å². The lowest BCUT2D eigenvalue weighted by molar-refractivity contribution is -0.129. The molecule has 0 saturated heterocycles. The van der Waals surface area contributed by atoms with Gasteiger partial charge >= 0.3 is 11.9 Å². The zero-order chi connectivity index (χ0) is 22.8. The Morgan fingerprint density at radius 3 is 2.24 bits per heavy atom. The van der Waals surface area contributed by atoms with Gasteiger partial charge in [-0.25, -0.2) is 19.6 Å². The summed E-state index contributed by atoms with van der Waals surface area (Å²) in [5.41, 5.74) is 2.17. The fourth-order valence-electron chi connectivity index (χ4n) is 3.24. The van der Waals surface area contributed by atoms with E-state index in [4.69, 9.17) is 18.9 Å². The van der Waals surface area contributed by atoms with Crippen molar-refractivity contribution in [1.29, 1.82) is 0 Å². The number of carbonyl (C=O) groups excluding carboxylic acids is 2. The number of ether oxygens (including phenoxy) is 4. The molecule has 1 aliphatic heterocycles. The van der Waals surface area contributed by atoms with Gasteiger partial charge < -0.3 is 18.9 Å². The van der Waals surface area contributed by atoms with Crippen LogP contribution >= 0.6 is 0 Å². The molecule has 2 heterocycles. The second-order valence-electron chi connectivity index (χ2n) is 6.99. The first kappa shape index (κ1) is 20.2. The van der Waals surface area contributed by atoms with Gasteiger partial charge in [-0.15, -0.1) is 0 Å². The van der Waals surface area contributed by atoms with Crippen LogP contribution in [0.4, 0.5) is 0 Å². The zero-order valence-electron chi connectivity index (χ0n) is 17.3. The summed E-state index contributed by atoms with van der Waals surface area (Å²) in [6.45, 7) is 0. The number of para-hydroxylation sites is 2. The molecule has 0 N–H and O–H groups in total. The summed E-state index contributed by atoms with van der Waals surface area (Å²) >= 11 is 0. The molecule has 0 radical (unpaired) electrons. The first-order valence-electron chi connectivity index (χ1n) is 9.94. The smallest absolute Gasteiger partial charge is 0.338 e. The topological polar surface area (TPSA) is 96.8 Å². The Morgan fingerprint density at radius 2 is 1.55 bits per heavy atom. The molecule has 0 amide bonds. The van der Waals surface area contributed by atoms with Gasteiger partial charge in [0.25, 0.3) is 11.8 Å². The third-order valence-corrected chi connectivity index (χ3v) is 4.78. The molecular formula is C25H16N2O6. The monoisotopic (exact) mass is 440 g/mol. The van der Waals surface area contributed by atoms with Gasteiger partial charge in [-0.2, -0.15) is 0 Å². The number of hydrogen-bond donors (Lipinski definition) is 0. The van der Waals surface area contributed by atoms with E-state index in [2.05, 4.69) is 9.97 Å². The lowest BCUT2D eigenvalue weighted by Crippen LogP contribution is -2.11. The standard InChI is InChI=1S/C25H16N2O6/c1-30-25(29)16-13-19(31-21(28)12-11-15-7-3-2-4-8-15)22-20(14-16)32-23-24(33-22)27-18-10-6-5-9-17(18)26-23/h2-14H,1H3. The summed E-state index contributed by atoms with van der Waals surface area (Å²) < 4.78 is 22.0. The summed E-state index contributed by atoms with van der Waals surface area (Å²) in [6, 6.07) is 19.3. The van der Waals surface area contributed by atoms with E-state index in [0.717, 1.165) is 5.56 Å². The molecule has 5 rings (SSSR count). The van der Waals surface area contributed by atoms with Gasteiger partial charge in [-0.1, -0.05) is 42.5 Å². The molecule has 4 aromatic rings. The highest BCUT2D eigenvalue weighted by atomic mass is 16.6. The van der Waals surface area contributed by atoms with E-state index in [1.165, 1.54) is 25.3 Å². The van der Waals surface area contributed by atoms with Crippen LogP contribution in [0, 0.1) is 0 Å². The molecule has 8 heteroatoms. The van der Waals surface area contributed by atoms with Crippen LogP contribution in [-0.4, -0.2) is 29.0 Å². The lowest BCUT2D eigenvalue weighted by atomic mass is 10.1. The van der Waals surface area contributed by atoms with E-state index in [0.29, 0.717) is 11.0 Å². The van der Waals surface area contributed by atoms with Crippen molar-refractivity contribution in [3.63, 3.8) is 0 Å². The van der Waals surface area contributed by atoms with Crippen molar-refractivity contribution < 1.29 is 28.5 Å². The Kier molecular flexibility index (Phi) is 5.16. The van der Waals surface area contributed by atoms with Crippen molar-refractivity contribution in [1.82, 2.24) is 9.97 Å². The van der Waals surface area contributed by atoms with Crippen LogP contribution in [0.25, 0.3) is 17.1 Å². The largest absolute Gasteiger partial charge is 0.465 e. The van der Waals surface area contributed by atoms with Crippen LogP contribution < -0.4 is 14.2 Å². The van der Waals surface area contributed by atoms with Crippen LogP contribution in [-0.2, 0) is 9.53 Å². The van der Waals surface area contributed by atoms with Gasteiger partial charge in [0.2, 0.25) is 5.75 Å². The fourth-order valence-corrected chi connectivity index (χ4v) is 3.24. The maximum atomic E-state index is 12.5.